The summed E-state index contributed by atoms with van der Waals surface area (Å²) in [6, 6.07) is 192. The van der Waals surface area contributed by atoms with Crippen LogP contribution < -0.4 is 0 Å². The smallest absolute Gasteiger partial charge is 0.00930 e. The molecule has 0 aliphatic rings. The van der Waals surface area contributed by atoms with Gasteiger partial charge in [0.05, 0.1) is 0 Å². The van der Waals surface area contributed by atoms with Gasteiger partial charge in [0.2, 0.25) is 0 Å². The Morgan fingerprint density at radius 1 is 0.104 bits per heavy atom. The number of rotatable bonds is 15. The number of hydrogen-bond donors (Lipinski definition) is 0. The summed E-state index contributed by atoms with van der Waals surface area (Å²) in [7, 11) is 0. The van der Waals surface area contributed by atoms with Crippen molar-refractivity contribution in [2.45, 2.75) is 66.7 Å². The molecule has 0 aliphatic carbocycles. The van der Waals surface area contributed by atoms with Gasteiger partial charge < -0.3 is 0 Å². The zero-order valence-corrected chi connectivity index (χ0v) is 82.3. The number of hydrogen-bond acceptors (Lipinski definition) is 0. The molecule has 0 fully saturated rings. The van der Waals surface area contributed by atoms with E-state index in [4.69, 9.17) is 0 Å². The van der Waals surface area contributed by atoms with Crippen LogP contribution in [0.1, 0.15) is 62.4 Å². The molecule has 0 atom stereocenters. The second-order valence-corrected chi connectivity index (χ2v) is 37.8. The molecule has 0 aliphatic heterocycles. The highest BCUT2D eigenvalue weighted by Crippen LogP contribution is 2.45. The van der Waals surface area contributed by atoms with Crippen molar-refractivity contribution in [3.63, 3.8) is 0 Å². The third-order valence-corrected chi connectivity index (χ3v) is 29.1. The van der Waals surface area contributed by atoms with Gasteiger partial charge in [-0.2, -0.15) is 0 Å². The maximum atomic E-state index is 2.39. The lowest BCUT2D eigenvalue weighted by atomic mass is 9.88. The van der Waals surface area contributed by atoms with E-state index in [1.54, 1.807) is 0 Å². The van der Waals surface area contributed by atoms with Crippen LogP contribution in [0.15, 0.2) is 528 Å². The van der Waals surface area contributed by atoms with E-state index in [1.807, 2.05) is 0 Å². The average molecular weight is 1840 g/mol. The zero-order chi connectivity index (χ0) is 97.2. The van der Waals surface area contributed by atoms with Crippen LogP contribution in [-0.2, 0) is 32.1 Å². The molecular weight excluding hydrogens is 1730 g/mol. The summed E-state index contributed by atoms with van der Waals surface area (Å²) in [6.45, 7) is 11.1. The van der Waals surface area contributed by atoms with Crippen molar-refractivity contribution in [2.75, 3.05) is 0 Å². The first-order valence-electron chi connectivity index (χ1n) is 51.1. The van der Waals surface area contributed by atoms with Crippen molar-refractivity contribution >= 4 is 118 Å². The Balaban J connectivity index is 0.000000103. The molecule has 0 nitrogen and oxygen atoms in total. The van der Waals surface area contributed by atoms with Gasteiger partial charge in [-0.25, -0.2) is 0 Å². The summed E-state index contributed by atoms with van der Waals surface area (Å²) in [5.74, 6) is 0. The van der Waals surface area contributed by atoms with Gasteiger partial charge in [-0.1, -0.05) is 496 Å². The first-order valence-corrected chi connectivity index (χ1v) is 51.1. The fourth-order valence-corrected chi connectivity index (χ4v) is 21.4. The molecule has 144 heavy (non-hydrogen) atoms. The summed E-state index contributed by atoms with van der Waals surface area (Å²) < 4.78 is 0. The highest BCUT2D eigenvalue weighted by Gasteiger charge is 2.20. The lowest BCUT2D eigenvalue weighted by molar-refractivity contribution is 1.15. The molecule has 0 heteroatoms. The molecule has 0 saturated heterocycles. The minimum absolute atomic E-state index is 0.995. The molecule has 0 spiro atoms. The standard InChI is InChI=1S/2C32H24.2C28H22.C24H20/c1-2-26-31(30-16-8-12-23-10-4-6-14-28(23)30)20-19-24-17-18-25(21-32(24)26)29-15-7-11-22-9-3-5-13-27(22)29;1-2-22-11-16-31-30(17-22)20-29(27-14-12-23-7-3-5-9-25(23)18-27)21-32(31)28-15-13-24-8-4-6-10-26(24)19-28;1-2-20-15-16-27-23(17-20)18-24(19-28(27)22-9-4-3-5-10-22)26-14-8-12-21-11-6-7-13-25(21)26;1-2-20-15-16-26-24(17-20)18-23(21-9-4-3-5-10-21)19-28(26)27-14-8-12-22-11-6-7-13-25(22)27;1-2-18-13-14-23-22(15-18)16-21(19-9-5-3-6-10-19)17-24(23)20-11-7-4-8-12-20/h2*3-21H,2H2,1H3;2*3-19H,2H2,1H3;3-17H,2H2,1H3. The second kappa shape index (κ2) is 41.9. The van der Waals surface area contributed by atoms with Crippen molar-refractivity contribution < 1.29 is 0 Å². The summed E-state index contributed by atoms with van der Waals surface area (Å²) >= 11 is 0. The molecular formula is C144H112. The number of benzene rings is 26. The van der Waals surface area contributed by atoms with Crippen LogP contribution in [0.2, 0.25) is 0 Å². The van der Waals surface area contributed by atoms with Gasteiger partial charge in [0.1, 0.15) is 0 Å². The molecule has 0 aromatic heterocycles. The van der Waals surface area contributed by atoms with Crippen molar-refractivity contribution in [3.8, 4) is 111 Å². The molecule has 26 aromatic carbocycles. The first kappa shape index (κ1) is 91.7. The predicted molar refractivity (Wildman–Crippen MR) is 626 cm³/mol. The third kappa shape index (κ3) is 19.2. The maximum absolute atomic E-state index is 2.39. The molecule has 0 heterocycles. The highest BCUT2D eigenvalue weighted by molar-refractivity contribution is 6.11. The van der Waals surface area contributed by atoms with Crippen molar-refractivity contribution in [1.82, 2.24) is 0 Å². The van der Waals surface area contributed by atoms with E-state index >= 15 is 0 Å². The molecule has 0 N–H and O–H groups in total. The van der Waals surface area contributed by atoms with E-state index in [1.165, 1.54) is 258 Å². The quantitative estimate of drug-likeness (QED) is 0.0960. The van der Waals surface area contributed by atoms with Gasteiger partial charge in [0.15, 0.2) is 0 Å². The fourth-order valence-electron chi connectivity index (χ4n) is 21.4. The Bertz CT molecular complexity index is 9170. The summed E-state index contributed by atoms with van der Waals surface area (Å²) in [6.07, 6.45) is 5.20. The monoisotopic (exact) mass is 1840 g/mol. The third-order valence-electron chi connectivity index (χ3n) is 29.1. The van der Waals surface area contributed by atoms with Gasteiger partial charge >= 0.3 is 0 Å². The van der Waals surface area contributed by atoms with Gasteiger partial charge in [-0.3, -0.25) is 0 Å². The lowest BCUT2D eigenvalue weighted by Crippen LogP contribution is -1.92. The largest absolute Gasteiger partial charge is 0.0622 e. The Kier molecular flexibility index (Phi) is 26.7. The van der Waals surface area contributed by atoms with E-state index < -0.39 is 0 Å². The first-order chi connectivity index (χ1) is 71.1. The number of aryl methyl sites for hydroxylation is 5. The van der Waals surface area contributed by atoms with Crippen LogP contribution in [-0.4, -0.2) is 0 Å². The van der Waals surface area contributed by atoms with Crippen LogP contribution in [0.5, 0.6) is 0 Å². The lowest BCUT2D eigenvalue weighted by Gasteiger charge is -2.16. The van der Waals surface area contributed by atoms with E-state index in [2.05, 4.69) is 562 Å². The van der Waals surface area contributed by atoms with E-state index in [9.17, 15) is 0 Å². The van der Waals surface area contributed by atoms with Crippen molar-refractivity contribution in [1.29, 1.82) is 0 Å². The van der Waals surface area contributed by atoms with Crippen LogP contribution >= 0.6 is 0 Å². The van der Waals surface area contributed by atoms with E-state index in [0.717, 1.165) is 32.1 Å². The Labute approximate surface area is 845 Å². The Morgan fingerprint density at radius 2 is 0.361 bits per heavy atom. The molecule has 26 rings (SSSR count). The van der Waals surface area contributed by atoms with Gasteiger partial charge in [-0.15, -0.1) is 0 Å². The zero-order valence-electron chi connectivity index (χ0n) is 82.3. The Morgan fingerprint density at radius 3 is 0.771 bits per heavy atom. The van der Waals surface area contributed by atoms with Crippen LogP contribution in [0.3, 0.4) is 0 Å². The average Bonchev–Trinajstić information content (AvgIpc) is 0.774. The maximum Gasteiger partial charge on any atom is -0.00930 e. The van der Waals surface area contributed by atoms with Gasteiger partial charge in [-0.05, 0) is 356 Å². The van der Waals surface area contributed by atoms with Gasteiger partial charge in [0.25, 0.3) is 0 Å². The predicted octanol–water partition coefficient (Wildman–Crippen LogP) is 40.6. The topological polar surface area (TPSA) is 0 Å². The Hall–Kier alpha value is -17.4. The molecule has 688 valence electrons. The van der Waals surface area contributed by atoms with Crippen molar-refractivity contribution in [2.24, 2.45) is 0 Å². The number of fused-ring (bicyclic) bond motifs is 11. The van der Waals surface area contributed by atoms with Gasteiger partial charge in [0, 0.05) is 0 Å². The minimum Gasteiger partial charge on any atom is -0.0622 e. The van der Waals surface area contributed by atoms with E-state index in [-0.39, 0.29) is 0 Å². The van der Waals surface area contributed by atoms with E-state index in [0.29, 0.717) is 0 Å². The molecule has 0 radical (unpaired) electrons. The molecule has 26 aromatic rings. The molecule has 0 amide bonds. The molecule has 0 saturated carbocycles. The molecule has 0 bridgehead atoms. The molecule has 0 unspecified atom stereocenters. The van der Waals surface area contributed by atoms with Crippen LogP contribution in [0.4, 0.5) is 0 Å². The highest BCUT2D eigenvalue weighted by atomic mass is 14.2. The summed E-state index contributed by atoms with van der Waals surface area (Å²) in [4.78, 5) is 0. The normalized spacial score (nSPS) is 11.2. The summed E-state index contributed by atoms with van der Waals surface area (Å²) in [5.41, 5.74) is 32.6. The minimum atomic E-state index is 0.995. The van der Waals surface area contributed by atoms with Crippen molar-refractivity contribution in [3.05, 3.63) is 556 Å². The van der Waals surface area contributed by atoms with Crippen LogP contribution in [0.25, 0.3) is 230 Å². The second-order valence-electron chi connectivity index (χ2n) is 37.8. The fraction of sp³-hybridized carbons (Fsp3) is 0.0694. The summed E-state index contributed by atoms with van der Waals surface area (Å²) in [5, 5.41) is 28.6. The van der Waals surface area contributed by atoms with Crippen LogP contribution in [0, 0.1) is 0 Å². The SMILES string of the molecule is CCc1c(-c2cccc3ccccc23)ccc2ccc(-c3cccc4ccccc34)cc12.CCc1ccc2c(-c3ccc4ccccc4c3)cc(-c3ccc4ccccc4c3)cc2c1.CCc1ccc2c(-c3cccc4ccccc34)cc(-c3ccccc3)cc2c1.CCc1ccc2c(-c3ccccc3)cc(-c3cccc4ccccc34)cc2c1.CCc1ccc2c(-c3ccccc3)cc(-c3ccccc3)cc2c1.